The molecule has 1 N–H and O–H groups in total. The van der Waals surface area contributed by atoms with Crippen LogP contribution in [-0.2, 0) is 23.2 Å². The fourth-order valence-electron chi connectivity index (χ4n) is 5.43. The fourth-order valence-corrected chi connectivity index (χ4v) is 5.43. The maximum Gasteiger partial charge on any atom is 0.254 e. The Morgan fingerprint density at radius 1 is 1.10 bits per heavy atom. The van der Waals surface area contributed by atoms with E-state index < -0.39 is 5.60 Å². The summed E-state index contributed by atoms with van der Waals surface area (Å²) >= 11 is 0. The third-order valence-electron chi connectivity index (χ3n) is 7.01. The van der Waals surface area contributed by atoms with Gasteiger partial charge in [-0.15, -0.1) is 0 Å². The van der Waals surface area contributed by atoms with Gasteiger partial charge >= 0.3 is 0 Å². The lowest BCUT2D eigenvalue weighted by atomic mass is 9.80. The molecular formula is C22H24FN5O2. The fraction of sp³-hybridized carbons (Fsp3) is 0.500. The number of piperidine rings is 1. The molecule has 2 aliphatic heterocycles. The van der Waals surface area contributed by atoms with Crippen LogP contribution in [0, 0.1) is 5.82 Å². The molecule has 3 aliphatic rings. The third kappa shape index (κ3) is 2.74. The summed E-state index contributed by atoms with van der Waals surface area (Å²) in [5, 5.41) is 15.6. The van der Waals surface area contributed by atoms with Crippen LogP contribution in [0.15, 0.2) is 30.6 Å². The van der Waals surface area contributed by atoms with E-state index in [2.05, 4.69) is 20.0 Å². The first kappa shape index (κ1) is 18.2. The van der Waals surface area contributed by atoms with Crippen molar-refractivity contribution in [3.8, 4) is 0 Å². The van der Waals surface area contributed by atoms with Crippen LogP contribution in [-0.4, -0.2) is 50.0 Å². The Morgan fingerprint density at radius 2 is 1.90 bits per heavy atom. The summed E-state index contributed by atoms with van der Waals surface area (Å²) in [6.07, 6.45) is 6.89. The molecule has 1 spiro atoms. The number of hydrogen-bond donors (Lipinski definition) is 1. The molecule has 1 unspecified atom stereocenters. The first-order chi connectivity index (χ1) is 14.6. The van der Waals surface area contributed by atoms with Crippen molar-refractivity contribution in [2.45, 2.75) is 49.7 Å². The van der Waals surface area contributed by atoms with Gasteiger partial charge in [0.15, 0.2) is 0 Å². The SMILES string of the molecule is OC1(c2ccc(F)cc2)COC2(CCN(c3c4c(nc5ncnn35)CCC4)CC2)C1. The molecule has 2 fully saturated rings. The van der Waals surface area contributed by atoms with Crippen LogP contribution in [0.4, 0.5) is 10.2 Å². The van der Waals surface area contributed by atoms with Gasteiger partial charge in [-0.2, -0.15) is 14.6 Å². The standard InChI is InChI=1S/C22H24FN5O2/c23-16-6-4-15(5-7-16)22(29)12-21(30-13-22)8-10-27(11-9-21)19-17-2-1-3-18(17)26-20-24-14-25-28(19)20/h4-7,14,29H,1-3,8-13H2. The van der Waals surface area contributed by atoms with Gasteiger partial charge in [0.2, 0.25) is 0 Å². The Bertz CT molecular complexity index is 1110. The lowest BCUT2D eigenvalue weighted by Gasteiger charge is -2.40. The topological polar surface area (TPSA) is 75.8 Å². The molecule has 3 aromatic rings. The zero-order valence-electron chi connectivity index (χ0n) is 16.7. The smallest absolute Gasteiger partial charge is 0.254 e. The molecule has 30 heavy (non-hydrogen) atoms. The second-order valence-corrected chi connectivity index (χ2v) is 8.86. The van der Waals surface area contributed by atoms with Gasteiger partial charge < -0.3 is 14.7 Å². The number of halogens is 1. The number of ether oxygens (including phenoxy) is 1. The van der Waals surface area contributed by atoms with Crippen molar-refractivity contribution in [2.24, 2.45) is 0 Å². The minimum atomic E-state index is -1.06. The van der Waals surface area contributed by atoms with Crippen LogP contribution < -0.4 is 4.90 Å². The molecule has 8 heteroatoms. The molecular weight excluding hydrogens is 385 g/mol. The van der Waals surface area contributed by atoms with Crippen LogP contribution in [0.1, 0.15) is 42.5 Å². The Morgan fingerprint density at radius 3 is 2.70 bits per heavy atom. The second kappa shape index (κ2) is 6.46. The first-order valence-corrected chi connectivity index (χ1v) is 10.6. The molecule has 0 saturated carbocycles. The van der Waals surface area contributed by atoms with Gasteiger partial charge in [0.1, 0.15) is 23.6 Å². The van der Waals surface area contributed by atoms with E-state index in [1.165, 1.54) is 17.7 Å². The number of nitrogens with zero attached hydrogens (tertiary/aromatic N) is 5. The van der Waals surface area contributed by atoms with E-state index in [4.69, 9.17) is 4.74 Å². The molecule has 1 atom stereocenters. The highest BCUT2D eigenvalue weighted by atomic mass is 19.1. The molecule has 4 heterocycles. The van der Waals surface area contributed by atoms with Crippen LogP contribution in [0.3, 0.4) is 0 Å². The first-order valence-electron chi connectivity index (χ1n) is 10.6. The summed E-state index contributed by atoms with van der Waals surface area (Å²) in [5.41, 5.74) is 1.75. The normalized spacial score (nSPS) is 25.3. The van der Waals surface area contributed by atoms with Crippen molar-refractivity contribution in [1.29, 1.82) is 0 Å². The van der Waals surface area contributed by atoms with Crippen molar-refractivity contribution in [3.63, 3.8) is 0 Å². The maximum atomic E-state index is 13.3. The number of benzene rings is 1. The number of rotatable bonds is 2. The summed E-state index contributed by atoms with van der Waals surface area (Å²) in [7, 11) is 0. The number of aromatic nitrogens is 4. The zero-order chi connectivity index (χ0) is 20.3. The molecule has 0 bridgehead atoms. The van der Waals surface area contributed by atoms with E-state index in [1.807, 2.05) is 4.52 Å². The highest BCUT2D eigenvalue weighted by Gasteiger charge is 2.51. The summed E-state index contributed by atoms with van der Waals surface area (Å²) in [5.74, 6) is 1.48. The summed E-state index contributed by atoms with van der Waals surface area (Å²) in [4.78, 5) is 11.4. The van der Waals surface area contributed by atoms with Crippen molar-refractivity contribution in [3.05, 3.63) is 53.2 Å². The number of aryl methyl sites for hydroxylation is 1. The Labute approximate surface area is 173 Å². The van der Waals surface area contributed by atoms with Crippen LogP contribution in [0.5, 0.6) is 0 Å². The molecule has 2 saturated heterocycles. The van der Waals surface area contributed by atoms with E-state index in [9.17, 15) is 9.50 Å². The minimum Gasteiger partial charge on any atom is -0.383 e. The molecule has 0 amide bonds. The lowest BCUT2D eigenvalue weighted by molar-refractivity contribution is -0.0242. The van der Waals surface area contributed by atoms with Crippen LogP contribution in [0.2, 0.25) is 0 Å². The van der Waals surface area contributed by atoms with Gasteiger partial charge in [0.25, 0.3) is 5.78 Å². The predicted octanol–water partition coefficient (Wildman–Crippen LogP) is 2.40. The van der Waals surface area contributed by atoms with E-state index in [1.54, 1.807) is 18.5 Å². The predicted molar refractivity (Wildman–Crippen MR) is 108 cm³/mol. The van der Waals surface area contributed by atoms with Crippen molar-refractivity contribution in [1.82, 2.24) is 19.6 Å². The Balaban J connectivity index is 1.25. The van der Waals surface area contributed by atoms with Crippen LogP contribution in [0.25, 0.3) is 5.78 Å². The average molecular weight is 409 g/mol. The molecule has 6 rings (SSSR count). The number of anilines is 1. The number of fused-ring (bicyclic) bond motifs is 2. The molecule has 2 aromatic heterocycles. The van der Waals surface area contributed by atoms with Gasteiger partial charge in [0.05, 0.1) is 17.9 Å². The second-order valence-electron chi connectivity index (χ2n) is 8.86. The van der Waals surface area contributed by atoms with Gasteiger partial charge in [-0.25, -0.2) is 9.37 Å². The van der Waals surface area contributed by atoms with Crippen molar-refractivity contribution < 1.29 is 14.2 Å². The molecule has 1 aromatic carbocycles. The monoisotopic (exact) mass is 409 g/mol. The lowest BCUT2D eigenvalue weighted by Crippen LogP contribution is -2.45. The van der Waals surface area contributed by atoms with E-state index in [0.29, 0.717) is 12.2 Å². The Hall–Kier alpha value is -2.58. The van der Waals surface area contributed by atoms with Gasteiger partial charge in [-0.05, 0) is 49.8 Å². The number of hydrogen-bond acceptors (Lipinski definition) is 6. The molecule has 7 nitrogen and oxygen atoms in total. The highest BCUT2D eigenvalue weighted by molar-refractivity contribution is 5.56. The zero-order valence-corrected chi connectivity index (χ0v) is 16.7. The maximum absolute atomic E-state index is 13.3. The van der Waals surface area contributed by atoms with E-state index in [-0.39, 0.29) is 18.0 Å². The summed E-state index contributed by atoms with van der Waals surface area (Å²) in [6, 6.07) is 6.12. The minimum absolute atomic E-state index is 0.247. The van der Waals surface area contributed by atoms with E-state index >= 15 is 0 Å². The Kier molecular flexibility index (Phi) is 3.92. The quantitative estimate of drug-likeness (QED) is 0.701. The van der Waals surface area contributed by atoms with Gasteiger partial charge in [-0.3, -0.25) is 0 Å². The average Bonchev–Trinajstić information content (AvgIpc) is 3.47. The van der Waals surface area contributed by atoms with Crippen LogP contribution >= 0.6 is 0 Å². The molecule has 0 radical (unpaired) electrons. The van der Waals surface area contributed by atoms with Crippen molar-refractivity contribution >= 4 is 11.6 Å². The van der Waals surface area contributed by atoms with Gasteiger partial charge in [0, 0.05) is 25.1 Å². The molecule has 156 valence electrons. The van der Waals surface area contributed by atoms with Gasteiger partial charge in [-0.1, -0.05) is 12.1 Å². The highest BCUT2D eigenvalue weighted by Crippen LogP contribution is 2.46. The number of aliphatic hydroxyl groups is 1. The largest absolute Gasteiger partial charge is 0.383 e. The molecule has 1 aliphatic carbocycles. The summed E-state index contributed by atoms with van der Waals surface area (Å²) < 4.78 is 21.4. The summed E-state index contributed by atoms with van der Waals surface area (Å²) in [6.45, 7) is 1.90. The van der Waals surface area contributed by atoms with E-state index in [0.717, 1.165) is 62.3 Å². The van der Waals surface area contributed by atoms with Crippen molar-refractivity contribution in [2.75, 3.05) is 24.6 Å². The third-order valence-corrected chi connectivity index (χ3v) is 7.01.